The van der Waals surface area contributed by atoms with E-state index in [1.165, 1.54) is 0 Å². The van der Waals surface area contributed by atoms with E-state index in [4.69, 9.17) is 5.73 Å². The zero-order chi connectivity index (χ0) is 7.56. The molecule has 0 spiro atoms. The molecule has 3 nitrogen and oxygen atoms in total. The first kappa shape index (κ1) is 7.28. The normalized spacial score (nSPS) is 13.5. The van der Waals surface area contributed by atoms with Crippen LogP contribution in [0.4, 0.5) is 0 Å². The molecule has 0 aliphatic rings. The van der Waals surface area contributed by atoms with Crippen molar-refractivity contribution in [2.75, 3.05) is 0 Å². The van der Waals surface area contributed by atoms with Crippen LogP contribution >= 0.6 is 0 Å². The Bertz CT molecular complexity index is 202. The molecule has 2 N–H and O–H groups in total. The first-order valence-corrected chi connectivity index (χ1v) is 3.44. The van der Waals surface area contributed by atoms with Crippen molar-refractivity contribution >= 4 is 0 Å². The van der Waals surface area contributed by atoms with Gasteiger partial charge in [0.1, 0.15) is 0 Å². The molecule has 0 bridgehead atoms. The molecule has 0 amide bonds. The zero-order valence-corrected chi connectivity index (χ0v) is 6.41. The number of hydrogen-bond acceptors (Lipinski definition) is 2. The third-order valence-corrected chi connectivity index (χ3v) is 1.39. The molecule has 56 valence electrons. The summed E-state index contributed by atoms with van der Waals surface area (Å²) in [5.74, 6) is 0. The fourth-order valence-electron chi connectivity index (χ4n) is 0.863. The molecule has 0 saturated carbocycles. The van der Waals surface area contributed by atoms with E-state index in [1.807, 2.05) is 24.6 Å². The smallest absolute Gasteiger partial charge is 0.0560 e. The maximum atomic E-state index is 5.59. The lowest BCUT2D eigenvalue weighted by molar-refractivity contribution is 0.528. The Balaban J connectivity index is 2.65. The molecule has 1 aromatic heterocycles. The average Bonchev–Trinajstić information content (AvgIpc) is 2.15. The van der Waals surface area contributed by atoms with E-state index in [0.717, 1.165) is 12.2 Å². The van der Waals surface area contributed by atoms with Crippen molar-refractivity contribution in [3.8, 4) is 0 Å². The fraction of sp³-hybridized carbons (Fsp3) is 0.571. The third-order valence-electron chi connectivity index (χ3n) is 1.39. The lowest BCUT2D eigenvalue weighted by Gasteiger charge is -2.06. The number of aromatic nitrogens is 2. The van der Waals surface area contributed by atoms with Crippen LogP contribution in [0.2, 0.25) is 0 Å². The number of rotatable bonds is 2. The predicted molar refractivity (Wildman–Crippen MR) is 40.6 cm³/mol. The van der Waals surface area contributed by atoms with E-state index in [2.05, 4.69) is 5.10 Å². The highest BCUT2D eigenvalue weighted by Gasteiger charge is 1.98. The Morgan fingerprint density at radius 1 is 1.80 bits per heavy atom. The van der Waals surface area contributed by atoms with Gasteiger partial charge in [0, 0.05) is 17.9 Å². The number of hydrogen-bond donors (Lipinski definition) is 1. The topological polar surface area (TPSA) is 43.8 Å². The first-order chi connectivity index (χ1) is 4.70. The van der Waals surface area contributed by atoms with Crippen LogP contribution in [0.3, 0.4) is 0 Å². The Hall–Kier alpha value is -0.830. The van der Waals surface area contributed by atoms with Gasteiger partial charge in [-0.25, -0.2) is 0 Å². The van der Waals surface area contributed by atoms with E-state index < -0.39 is 0 Å². The molecule has 0 saturated heterocycles. The van der Waals surface area contributed by atoms with Crippen LogP contribution in [0.15, 0.2) is 12.3 Å². The Morgan fingerprint density at radius 3 is 2.90 bits per heavy atom. The van der Waals surface area contributed by atoms with E-state index in [1.54, 1.807) is 6.20 Å². The molecule has 0 radical (unpaired) electrons. The van der Waals surface area contributed by atoms with E-state index >= 15 is 0 Å². The minimum Gasteiger partial charge on any atom is -0.326 e. The number of nitrogens with zero attached hydrogens (tertiary/aromatic N) is 2. The molecule has 0 aliphatic heterocycles. The quantitative estimate of drug-likeness (QED) is 0.649. The Kier molecular flexibility index (Phi) is 2.06. The lowest BCUT2D eigenvalue weighted by Crippen LogP contribution is -2.23. The highest BCUT2D eigenvalue weighted by atomic mass is 15.3. The highest BCUT2D eigenvalue weighted by Crippen LogP contribution is 1.95. The van der Waals surface area contributed by atoms with Gasteiger partial charge in [-0.15, -0.1) is 0 Å². The summed E-state index contributed by atoms with van der Waals surface area (Å²) in [7, 11) is 0. The van der Waals surface area contributed by atoms with Gasteiger partial charge < -0.3 is 5.73 Å². The SMILES string of the molecule is Cc1ccnn1C[C@@H](C)N. The molecule has 0 aliphatic carbocycles. The fourth-order valence-corrected chi connectivity index (χ4v) is 0.863. The monoisotopic (exact) mass is 139 g/mol. The predicted octanol–water partition coefficient (Wildman–Crippen LogP) is 0.539. The molecule has 0 unspecified atom stereocenters. The summed E-state index contributed by atoms with van der Waals surface area (Å²) in [6.45, 7) is 4.80. The molecular weight excluding hydrogens is 126 g/mol. The number of aryl methyl sites for hydroxylation is 1. The largest absolute Gasteiger partial charge is 0.326 e. The molecule has 0 aromatic carbocycles. The van der Waals surface area contributed by atoms with Crippen molar-refractivity contribution in [2.24, 2.45) is 5.73 Å². The summed E-state index contributed by atoms with van der Waals surface area (Å²) in [6.07, 6.45) is 1.79. The minimum atomic E-state index is 0.179. The molecule has 1 aromatic rings. The van der Waals surface area contributed by atoms with E-state index in [-0.39, 0.29) is 6.04 Å². The van der Waals surface area contributed by atoms with Gasteiger partial charge in [0.2, 0.25) is 0 Å². The van der Waals surface area contributed by atoms with Crippen LogP contribution < -0.4 is 5.73 Å². The van der Waals surface area contributed by atoms with Gasteiger partial charge in [0.15, 0.2) is 0 Å². The van der Waals surface area contributed by atoms with Gasteiger partial charge >= 0.3 is 0 Å². The van der Waals surface area contributed by atoms with Gasteiger partial charge in [-0.05, 0) is 19.9 Å². The molecule has 10 heavy (non-hydrogen) atoms. The van der Waals surface area contributed by atoms with Crippen LogP contribution in [-0.2, 0) is 6.54 Å². The maximum absolute atomic E-state index is 5.59. The van der Waals surface area contributed by atoms with Crippen molar-refractivity contribution in [3.05, 3.63) is 18.0 Å². The maximum Gasteiger partial charge on any atom is 0.0560 e. The standard InChI is InChI=1S/C7H13N3/c1-6(8)5-10-7(2)3-4-9-10/h3-4,6H,5,8H2,1-2H3/t6-/m1/s1. The van der Waals surface area contributed by atoms with Gasteiger partial charge in [-0.1, -0.05) is 0 Å². The molecule has 0 fully saturated rings. The summed E-state index contributed by atoms with van der Waals surface area (Å²) in [4.78, 5) is 0. The zero-order valence-electron chi connectivity index (χ0n) is 6.41. The number of nitrogens with two attached hydrogens (primary N) is 1. The average molecular weight is 139 g/mol. The van der Waals surface area contributed by atoms with Crippen molar-refractivity contribution in [1.29, 1.82) is 0 Å². The molecule has 1 rings (SSSR count). The van der Waals surface area contributed by atoms with Gasteiger partial charge in [0.25, 0.3) is 0 Å². The van der Waals surface area contributed by atoms with E-state index in [0.29, 0.717) is 0 Å². The van der Waals surface area contributed by atoms with Crippen LogP contribution in [-0.4, -0.2) is 15.8 Å². The molecular formula is C7H13N3. The van der Waals surface area contributed by atoms with Gasteiger partial charge in [-0.3, -0.25) is 4.68 Å². The van der Waals surface area contributed by atoms with Crippen LogP contribution in [0, 0.1) is 6.92 Å². The van der Waals surface area contributed by atoms with Crippen LogP contribution in [0.5, 0.6) is 0 Å². The summed E-state index contributed by atoms with van der Waals surface area (Å²) in [5, 5.41) is 4.09. The minimum absolute atomic E-state index is 0.179. The lowest BCUT2D eigenvalue weighted by atomic mass is 10.3. The van der Waals surface area contributed by atoms with Crippen LogP contribution in [0.1, 0.15) is 12.6 Å². The van der Waals surface area contributed by atoms with Crippen molar-refractivity contribution in [1.82, 2.24) is 9.78 Å². The van der Waals surface area contributed by atoms with Gasteiger partial charge in [0.05, 0.1) is 6.54 Å². The van der Waals surface area contributed by atoms with Crippen molar-refractivity contribution in [2.45, 2.75) is 26.4 Å². The molecule has 3 heteroatoms. The van der Waals surface area contributed by atoms with E-state index in [9.17, 15) is 0 Å². The van der Waals surface area contributed by atoms with Crippen molar-refractivity contribution < 1.29 is 0 Å². The Labute approximate surface area is 60.8 Å². The summed E-state index contributed by atoms with van der Waals surface area (Å²) >= 11 is 0. The summed E-state index contributed by atoms with van der Waals surface area (Å²) in [5.41, 5.74) is 6.76. The summed E-state index contributed by atoms with van der Waals surface area (Å²) < 4.78 is 1.91. The van der Waals surface area contributed by atoms with Gasteiger partial charge in [-0.2, -0.15) is 5.10 Å². The second-order valence-corrected chi connectivity index (χ2v) is 2.63. The third kappa shape index (κ3) is 1.57. The molecule has 1 atom stereocenters. The van der Waals surface area contributed by atoms with Crippen LogP contribution in [0.25, 0.3) is 0 Å². The first-order valence-electron chi connectivity index (χ1n) is 3.44. The summed E-state index contributed by atoms with van der Waals surface area (Å²) in [6, 6.07) is 2.15. The molecule has 1 heterocycles. The second kappa shape index (κ2) is 2.84. The highest BCUT2D eigenvalue weighted by molar-refractivity contribution is 4.96. The Morgan fingerprint density at radius 2 is 2.50 bits per heavy atom. The second-order valence-electron chi connectivity index (χ2n) is 2.63. The van der Waals surface area contributed by atoms with Crippen molar-refractivity contribution in [3.63, 3.8) is 0 Å².